The van der Waals surface area contributed by atoms with Crippen LogP contribution in [-0.2, 0) is 0 Å². The average Bonchev–Trinajstić information content (AvgIpc) is 2.18. The Hall–Kier alpha value is -0.240. The molecule has 0 rings (SSSR count). The summed E-state index contributed by atoms with van der Waals surface area (Å²) in [7, 11) is 1.89. The van der Waals surface area contributed by atoms with E-state index >= 15 is 0 Å². The van der Waals surface area contributed by atoms with Gasteiger partial charge >= 0.3 is 0 Å². The normalized spacial score (nSPS) is 14.6. The summed E-state index contributed by atoms with van der Waals surface area (Å²) >= 11 is 1.86. The largest absolute Gasteiger partial charge is 0.286 e. The van der Waals surface area contributed by atoms with Gasteiger partial charge in [0.1, 0.15) is 0 Å². The van der Waals surface area contributed by atoms with Crippen molar-refractivity contribution < 1.29 is 0 Å². The Labute approximate surface area is 93.1 Å². The van der Waals surface area contributed by atoms with Crippen LogP contribution in [0.15, 0.2) is 15.5 Å². The first kappa shape index (κ1) is 13.8. The summed E-state index contributed by atoms with van der Waals surface area (Å²) in [5, 5.41) is 1.25. The molecule has 2 heteroatoms. The molecule has 0 radical (unpaired) electrons. The average molecular weight is 213 g/mol. The molecule has 0 heterocycles. The lowest BCUT2D eigenvalue weighted by Gasteiger charge is -2.13. The van der Waals surface area contributed by atoms with Crippen molar-refractivity contribution in [3.63, 3.8) is 0 Å². The minimum absolute atomic E-state index is 0.538. The van der Waals surface area contributed by atoms with Crippen molar-refractivity contribution in [2.75, 3.05) is 7.05 Å². The highest BCUT2D eigenvalue weighted by atomic mass is 32.2. The van der Waals surface area contributed by atoms with E-state index in [2.05, 4.69) is 39.6 Å². The zero-order valence-electron chi connectivity index (χ0n) is 10.3. The van der Waals surface area contributed by atoms with Crippen LogP contribution < -0.4 is 0 Å². The van der Waals surface area contributed by atoms with E-state index in [4.69, 9.17) is 0 Å². The smallest absolute Gasteiger partial charge is 0.0742 e. The van der Waals surface area contributed by atoms with Gasteiger partial charge in [-0.15, -0.1) is 0 Å². The van der Waals surface area contributed by atoms with E-state index in [1.165, 1.54) is 15.5 Å². The molecule has 0 aliphatic carbocycles. The molecular formula is C12H23NS. The van der Waals surface area contributed by atoms with Gasteiger partial charge in [0.05, 0.1) is 5.04 Å². The Morgan fingerprint density at radius 3 is 2.07 bits per heavy atom. The molecule has 0 saturated heterocycles. The summed E-state index contributed by atoms with van der Waals surface area (Å²) in [4.78, 5) is 5.83. The van der Waals surface area contributed by atoms with Crippen LogP contribution in [0.2, 0.25) is 0 Å². The first-order valence-electron chi connectivity index (χ1n) is 5.39. The maximum Gasteiger partial charge on any atom is 0.0742 e. The Morgan fingerprint density at radius 1 is 1.21 bits per heavy atom. The van der Waals surface area contributed by atoms with Gasteiger partial charge in [-0.2, -0.15) is 0 Å². The lowest BCUT2D eigenvalue weighted by molar-refractivity contribution is 0.897. The maximum atomic E-state index is 4.34. The van der Waals surface area contributed by atoms with Gasteiger partial charge in [-0.1, -0.05) is 45.0 Å². The maximum absolute atomic E-state index is 4.34. The molecular weight excluding hydrogens is 190 g/mol. The van der Waals surface area contributed by atoms with Gasteiger partial charge in [0.2, 0.25) is 0 Å². The van der Waals surface area contributed by atoms with E-state index in [1.807, 2.05) is 18.8 Å². The predicted molar refractivity (Wildman–Crippen MR) is 69.1 cm³/mol. The van der Waals surface area contributed by atoms with Crippen molar-refractivity contribution in [1.29, 1.82) is 0 Å². The first-order valence-corrected chi connectivity index (χ1v) is 6.21. The van der Waals surface area contributed by atoms with E-state index in [0.717, 1.165) is 12.8 Å². The summed E-state index contributed by atoms with van der Waals surface area (Å²) < 4.78 is 0. The SMILES string of the molecule is CC/C(C)=C(/CC)SC(=NC)C(C)C. The third-order valence-electron chi connectivity index (χ3n) is 2.27. The molecule has 0 aromatic carbocycles. The third kappa shape index (κ3) is 4.32. The Bertz CT molecular complexity index is 226. The Kier molecular flexibility index (Phi) is 6.98. The van der Waals surface area contributed by atoms with Crippen molar-refractivity contribution in [1.82, 2.24) is 0 Å². The minimum atomic E-state index is 0.538. The Balaban J connectivity index is 4.62. The molecule has 0 atom stereocenters. The number of rotatable bonds is 4. The summed E-state index contributed by atoms with van der Waals surface area (Å²) in [6.07, 6.45) is 2.27. The van der Waals surface area contributed by atoms with Crippen molar-refractivity contribution in [2.45, 2.75) is 47.5 Å². The van der Waals surface area contributed by atoms with Crippen LogP contribution in [0.1, 0.15) is 47.5 Å². The number of hydrogen-bond donors (Lipinski definition) is 0. The lowest BCUT2D eigenvalue weighted by atomic mass is 10.2. The molecule has 1 nitrogen and oxygen atoms in total. The molecule has 0 aromatic heterocycles. The second-order valence-electron chi connectivity index (χ2n) is 3.73. The molecule has 0 fully saturated rings. The number of allylic oxidation sites excluding steroid dienone is 2. The highest BCUT2D eigenvalue weighted by Crippen LogP contribution is 2.28. The van der Waals surface area contributed by atoms with Crippen LogP contribution in [0.3, 0.4) is 0 Å². The van der Waals surface area contributed by atoms with E-state index in [1.54, 1.807) is 0 Å². The molecule has 0 saturated carbocycles. The standard InChI is InChI=1S/C12H23NS/c1-7-10(5)11(8-2)14-12(13-6)9(3)4/h9H,7-8H2,1-6H3/b11-10-,13-12?. The highest BCUT2D eigenvalue weighted by molar-refractivity contribution is 8.17. The minimum Gasteiger partial charge on any atom is -0.286 e. The summed E-state index contributed by atoms with van der Waals surface area (Å²) in [5.74, 6) is 0.538. The van der Waals surface area contributed by atoms with Crippen LogP contribution in [-0.4, -0.2) is 12.1 Å². The molecule has 0 amide bonds. The Morgan fingerprint density at radius 2 is 1.79 bits per heavy atom. The molecule has 0 aromatic rings. The number of nitrogens with zero attached hydrogens (tertiary/aromatic N) is 1. The first-order chi connectivity index (χ1) is 6.56. The second-order valence-corrected chi connectivity index (χ2v) is 4.84. The van der Waals surface area contributed by atoms with Gasteiger partial charge in [-0.05, 0) is 24.7 Å². The molecule has 82 valence electrons. The summed E-state index contributed by atoms with van der Waals surface area (Å²) in [6.45, 7) is 11.0. The van der Waals surface area contributed by atoms with E-state index < -0.39 is 0 Å². The quantitative estimate of drug-likeness (QED) is 0.495. The van der Waals surface area contributed by atoms with E-state index in [0.29, 0.717) is 5.92 Å². The van der Waals surface area contributed by atoms with Gasteiger partial charge in [0.15, 0.2) is 0 Å². The van der Waals surface area contributed by atoms with Crippen LogP contribution in [0.5, 0.6) is 0 Å². The molecule has 0 aliphatic heterocycles. The van der Waals surface area contributed by atoms with Crippen LogP contribution in [0.25, 0.3) is 0 Å². The van der Waals surface area contributed by atoms with Gasteiger partial charge in [0, 0.05) is 13.0 Å². The monoisotopic (exact) mass is 213 g/mol. The molecule has 0 spiro atoms. The van der Waals surface area contributed by atoms with Crippen LogP contribution >= 0.6 is 11.8 Å². The van der Waals surface area contributed by atoms with Crippen molar-refractivity contribution in [3.05, 3.63) is 10.5 Å². The van der Waals surface area contributed by atoms with Crippen LogP contribution in [0.4, 0.5) is 0 Å². The predicted octanol–water partition coefficient (Wildman–Crippen LogP) is 4.50. The fourth-order valence-electron chi connectivity index (χ4n) is 1.21. The number of thioether (sulfide) groups is 1. The molecule has 0 N–H and O–H groups in total. The van der Waals surface area contributed by atoms with E-state index in [9.17, 15) is 0 Å². The topological polar surface area (TPSA) is 12.4 Å². The van der Waals surface area contributed by atoms with E-state index in [-0.39, 0.29) is 0 Å². The summed E-state index contributed by atoms with van der Waals surface area (Å²) in [6, 6.07) is 0. The van der Waals surface area contributed by atoms with Gasteiger partial charge < -0.3 is 0 Å². The fraction of sp³-hybridized carbons (Fsp3) is 0.750. The number of hydrogen-bond acceptors (Lipinski definition) is 2. The molecule has 0 aliphatic rings. The van der Waals surface area contributed by atoms with Crippen molar-refractivity contribution >= 4 is 16.8 Å². The van der Waals surface area contributed by atoms with Gasteiger partial charge in [0.25, 0.3) is 0 Å². The lowest BCUT2D eigenvalue weighted by Crippen LogP contribution is -2.03. The zero-order chi connectivity index (χ0) is 11.1. The van der Waals surface area contributed by atoms with Crippen LogP contribution in [0, 0.1) is 5.92 Å². The fourth-order valence-corrected chi connectivity index (χ4v) is 2.25. The van der Waals surface area contributed by atoms with Crippen molar-refractivity contribution in [3.8, 4) is 0 Å². The van der Waals surface area contributed by atoms with Crippen molar-refractivity contribution in [2.24, 2.45) is 10.9 Å². The molecule has 0 unspecified atom stereocenters. The molecule has 14 heavy (non-hydrogen) atoms. The second kappa shape index (κ2) is 7.10. The van der Waals surface area contributed by atoms with Gasteiger partial charge in [-0.25, -0.2) is 0 Å². The number of aliphatic imine (C=N–C) groups is 1. The zero-order valence-corrected chi connectivity index (χ0v) is 11.2. The highest BCUT2D eigenvalue weighted by Gasteiger charge is 2.09. The third-order valence-corrected chi connectivity index (χ3v) is 4.02. The summed E-state index contributed by atoms with van der Waals surface area (Å²) in [5.41, 5.74) is 1.50. The molecule has 0 bridgehead atoms. The van der Waals surface area contributed by atoms with Gasteiger partial charge in [-0.3, -0.25) is 4.99 Å².